The van der Waals surface area contributed by atoms with E-state index in [1.807, 2.05) is 39.8 Å². The summed E-state index contributed by atoms with van der Waals surface area (Å²) in [5.74, 6) is 0.850. The number of piperidine rings is 1. The molecule has 1 fully saturated rings. The number of anilines is 2. The number of likely N-dealkylation sites (tertiary alicyclic amines) is 1. The fourth-order valence-corrected chi connectivity index (χ4v) is 5.71. The summed E-state index contributed by atoms with van der Waals surface area (Å²) in [5, 5.41) is 7.28. The first-order valence-corrected chi connectivity index (χ1v) is 18.1. The minimum atomic E-state index is -1.54. The third-order valence-electron chi connectivity index (χ3n) is 7.02. The molecule has 1 saturated heterocycles. The van der Waals surface area contributed by atoms with Crippen molar-refractivity contribution in [1.29, 1.82) is 0 Å². The summed E-state index contributed by atoms with van der Waals surface area (Å²) in [6.45, 7) is 15.4. The van der Waals surface area contributed by atoms with Crippen molar-refractivity contribution in [3.63, 3.8) is 0 Å². The second-order valence-corrected chi connectivity index (χ2v) is 17.8. The number of furan rings is 1. The Bertz CT molecular complexity index is 1460. The summed E-state index contributed by atoms with van der Waals surface area (Å²) in [4.78, 5) is 36.1. The summed E-state index contributed by atoms with van der Waals surface area (Å²) >= 11 is 0. The van der Waals surface area contributed by atoms with Gasteiger partial charge in [0.05, 0.1) is 22.3 Å². The van der Waals surface area contributed by atoms with Crippen LogP contribution in [0.4, 0.5) is 16.4 Å². The molecule has 1 aromatic carbocycles. The lowest BCUT2D eigenvalue weighted by atomic mass is 10.1. The van der Waals surface area contributed by atoms with Crippen molar-refractivity contribution < 1.29 is 33.0 Å². The average Bonchev–Trinajstić information content (AvgIpc) is 3.42. The van der Waals surface area contributed by atoms with Crippen LogP contribution in [0.3, 0.4) is 0 Å². The number of carbonyl (C=O) groups is 2. The first-order chi connectivity index (χ1) is 20.7. The molecule has 4 rings (SSSR count). The molecule has 0 aliphatic carbocycles. The van der Waals surface area contributed by atoms with Gasteiger partial charge in [-0.15, -0.1) is 0 Å². The Hall–Kier alpha value is -4.26. The first-order valence-electron chi connectivity index (χ1n) is 14.6. The summed E-state index contributed by atoms with van der Waals surface area (Å²) in [6.07, 6.45) is 1.03. The number of carbonyl (C=O) groups excluding carboxylic acids is 2. The molecule has 12 nitrogen and oxygen atoms in total. The predicted octanol–water partition coefficient (Wildman–Crippen LogP) is 5.80. The SMILES string of the molecule is COc1nc(NC2CCN(C(=O)OC(C)(C)C)CC2)nc(OC)c1NC(=O)c1ccc(Oc2cc([Si](C)(C)C)ccc2C)o1. The van der Waals surface area contributed by atoms with Gasteiger partial charge in [-0.2, -0.15) is 9.97 Å². The van der Waals surface area contributed by atoms with Crippen molar-refractivity contribution in [2.75, 3.05) is 37.9 Å². The molecule has 3 aromatic rings. The zero-order chi connectivity index (χ0) is 32.2. The lowest BCUT2D eigenvalue weighted by molar-refractivity contribution is 0.0210. The van der Waals surface area contributed by atoms with Crippen LogP contribution in [0, 0.1) is 6.92 Å². The fraction of sp³-hybridized carbons (Fsp3) is 0.484. The van der Waals surface area contributed by atoms with E-state index >= 15 is 0 Å². The Morgan fingerprint density at radius 3 is 2.20 bits per heavy atom. The normalized spacial score (nSPS) is 14.2. The largest absolute Gasteiger partial charge is 0.479 e. The third kappa shape index (κ3) is 8.22. The van der Waals surface area contributed by atoms with Gasteiger partial charge in [-0.05, 0) is 58.2 Å². The van der Waals surface area contributed by atoms with Crippen molar-refractivity contribution in [2.45, 2.75) is 71.8 Å². The number of rotatable bonds is 9. The van der Waals surface area contributed by atoms with Crippen LogP contribution in [0.5, 0.6) is 23.5 Å². The standard InChI is InChI=1S/C31H43N5O7Si/c1-19-10-11-21(44(7,8)9)18-23(19)42-24-13-12-22(41-24)26(37)33-25-27(39-5)34-29(35-28(25)40-6)32-20-14-16-36(17-15-20)30(38)43-31(2,3)4/h10-13,18,20H,14-17H2,1-9H3,(H,33,37)(H,32,34,35). The molecule has 0 unspecified atom stereocenters. The second kappa shape index (κ2) is 13.2. The maximum atomic E-state index is 13.2. The maximum Gasteiger partial charge on any atom is 0.410 e. The van der Waals surface area contributed by atoms with Crippen LogP contribution in [0.15, 0.2) is 34.7 Å². The van der Waals surface area contributed by atoms with Gasteiger partial charge in [0, 0.05) is 25.2 Å². The second-order valence-electron chi connectivity index (χ2n) is 12.7. The molecule has 3 heterocycles. The number of ether oxygens (including phenoxy) is 4. The number of hydrogen-bond donors (Lipinski definition) is 2. The molecular formula is C31H43N5O7Si. The van der Waals surface area contributed by atoms with Crippen LogP contribution in [-0.4, -0.2) is 73.9 Å². The van der Waals surface area contributed by atoms with E-state index in [1.165, 1.54) is 25.5 Å². The summed E-state index contributed by atoms with van der Waals surface area (Å²) in [7, 11) is 1.34. The number of amides is 2. The quantitative estimate of drug-likeness (QED) is 0.281. The van der Waals surface area contributed by atoms with E-state index in [0.29, 0.717) is 31.7 Å². The molecule has 0 radical (unpaired) electrons. The molecule has 238 valence electrons. The zero-order valence-corrected chi connectivity index (χ0v) is 28.0. The van der Waals surface area contributed by atoms with Crippen molar-refractivity contribution >= 4 is 36.9 Å². The van der Waals surface area contributed by atoms with Crippen LogP contribution in [0.25, 0.3) is 0 Å². The summed E-state index contributed by atoms with van der Waals surface area (Å²) in [6, 6.07) is 9.35. The van der Waals surface area contributed by atoms with Gasteiger partial charge in [-0.1, -0.05) is 37.0 Å². The highest BCUT2D eigenvalue weighted by Gasteiger charge is 2.28. The molecule has 2 amide bonds. The van der Waals surface area contributed by atoms with E-state index in [1.54, 1.807) is 11.0 Å². The number of nitrogens with one attached hydrogen (secondary N) is 2. The molecule has 0 bridgehead atoms. The number of nitrogens with zero attached hydrogens (tertiary/aromatic N) is 3. The lowest BCUT2D eigenvalue weighted by Gasteiger charge is -2.33. The van der Waals surface area contributed by atoms with Crippen LogP contribution in [0.2, 0.25) is 19.6 Å². The van der Waals surface area contributed by atoms with Gasteiger partial charge in [0.25, 0.3) is 11.9 Å². The molecule has 2 N–H and O–H groups in total. The number of benzene rings is 1. The van der Waals surface area contributed by atoms with Gasteiger partial charge in [-0.25, -0.2) is 4.79 Å². The fourth-order valence-electron chi connectivity index (χ4n) is 4.56. The number of aromatic nitrogens is 2. The molecule has 0 spiro atoms. The van der Waals surface area contributed by atoms with E-state index in [4.69, 9.17) is 23.4 Å². The molecule has 0 atom stereocenters. The van der Waals surface area contributed by atoms with Gasteiger partial charge in [0.15, 0.2) is 11.4 Å². The molecule has 44 heavy (non-hydrogen) atoms. The molecule has 1 aliphatic heterocycles. The summed E-state index contributed by atoms with van der Waals surface area (Å²) < 4.78 is 28.2. The van der Waals surface area contributed by atoms with Crippen LogP contribution < -0.4 is 30.0 Å². The smallest absolute Gasteiger partial charge is 0.410 e. The number of hydrogen-bond acceptors (Lipinski definition) is 10. The van der Waals surface area contributed by atoms with Crippen molar-refractivity contribution in [3.05, 3.63) is 41.7 Å². The van der Waals surface area contributed by atoms with Gasteiger partial charge in [-0.3, -0.25) is 4.79 Å². The van der Waals surface area contributed by atoms with Gasteiger partial charge < -0.3 is 38.9 Å². The van der Waals surface area contributed by atoms with Crippen molar-refractivity contribution in [2.24, 2.45) is 0 Å². The topological polar surface area (TPSA) is 137 Å². The molecule has 2 aromatic heterocycles. The van der Waals surface area contributed by atoms with Gasteiger partial charge in [0.2, 0.25) is 17.7 Å². The highest BCUT2D eigenvalue weighted by Crippen LogP contribution is 2.34. The predicted molar refractivity (Wildman–Crippen MR) is 170 cm³/mol. The van der Waals surface area contributed by atoms with Crippen molar-refractivity contribution in [3.8, 4) is 23.5 Å². The van der Waals surface area contributed by atoms with Gasteiger partial charge >= 0.3 is 6.09 Å². The third-order valence-corrected chi connectivity index (χ3v) is 9.06. The van der Waals surface area contributed by atoms with E-state index in [9.17, 15) is 9.59 Å². The minimum absolute atomic E-state index is 0.0140. The van der Waals surface area contributed by atoms with E-state index in [-0.39, 0.29) is 47.2 Å². The molecule has 13 heteroatoms. The van der Waals surface area contributed by atoms with Crippen LogP contribution in [0.1, 0.15) is 49.7 Å². The Labute approximate surface area is 259 Å². The highest BCUT2D eigenvalue weighted by atomic mass is 28.3. The lowest BCUT2D eigenvalue weighted by Crippen LogP contribution is -2.44. The van der Waals surface area contributed by atoms with E-state index in [0.717, 1.165) is 5.56 Å². The minimum Gasteiger partial charge on any atom is -0.479 e. The molecule has 1 aliphatic rings. The Kier molecular flexibility index (Phi) is 9.77. The Morgan fingerprint density at radius 1 is 1.00 bits per heavy atom. The van der Waals surface area contributed by atoms with E-state index in [2.05, 4.69) is 46.3 Å². The Morgan fingerprint density at radius 2 is 1.64 bits per heavy atom. The molecular weight excluding hydrogens is 582 g/mol. The first kappa shape index (κ1) is 32.6. The monoisotopic (exact) mass is 625 g/mol. The van der Waals surface area contributed by atoms with Crippen LogP contribution >= 0.6 is 0 Å². The van der Waals surface area contributed by atoms with Gasteiger partial charge in [0.1, 0.15) is 11.4 Å². The average molecular weight is 626 g/mol. The highest BCUT2D eigenvalue weighted by molar-refractivity contribution is 6.88. The van der Waals surface area contributed by atoms with Crippen LogP contribution in [-0.2, 0) is 4.74 Å². The van der Waals surface area contributed by atoms with Crippen molar-refractivity contribution in [1.82, 2.24) is 14.9 Å². The molecule has 0 saturated carbocycles. The maximum absolute atomic E-state index is 13.2. The Balaban J connectivity index is 1.42. The summed E-state index contributed by atoms with van der Waals surface area (Å²) in [5.41, 5.74) is 0.571. The number of methoxy groups -OCH3 is 2. The zero-order valence-electron chi connectivity index (χ0n) is 27.0. The number of aryl methyl sites for hydroxylation is 1. The van der Waals surface area contributed by atoms with E-state index < -0.39 is 19.6 Å².